The van der Waals surface area contributed by atoms with Gasteiger partial charge in [0, 0.05) is 18.1 Å². The third-order valence-corrected chi connectivity index (χ3v) is 3.02. The molecule has 0 spiro atoms. The molecule has 1 heterocycles. The largest absolute Gasteiger partial charge is 0.478 e. The molecule has 0 aliphatic rings. The van der Waals surface area contributed by atoms with Crippen molar-refractivity contribution in [3.05, 3.63) is 47.0 Å². The van der Waals surface area contributed by atoms with E-state index < -0.39 is 5.97 Å². The Bertz CT molecular complexity index is 511. The minimum absolute atomic E-state index is 0.299. The van der Waals surface area contributed by atoms with Crippen LogP contribution in [0.15, 0.2) is 35.7 Å². The zero-order valence-electron chi connectivity index (χ0n) is 9.33. The van der Waals surface area contributed by atoms with Crippen LogP contribution in [0, 0.1) is 0 Å². The van der Waals surface area contributed by atoms with Crippen LogP contribution in [0.25, 0.3) is 0 Å². The van der Waals surface area contributed by atoms with Gasteiger partial charge in [-0.3, -0.25) is 0 Å². The van der Waals surface area contributed by atoms with Crippen molar-refractivity contribution >= 4 is 23.2 Å². The van der Waals surface area contributed by atoms with Gasteiger partial charge in [-0.05, 0) is 35.8 Å². The molecule has 5 heteroatoms. The molecule has 0 saturated carbocycles. The molecule has 0 atom stereocenters. The molecule has 1 aromatic carbocycles. The number of rotatable bonds is 4. The van der Waals surface area contributed by atoms with Crippen LogP contribution in [-0.2, 0) is 6.54 Å². The lowest BCUT2D eigenvalue weighted by Crippen LogP contribution is -2.16. The Morgan fingerprint density at radius 3 is 2.94 bits per heavy atom. The first-order valence-corrected chi connectivity index (χ1v) is 5.94. The fraction of sp³-hybridized carbons (Fsp3) is 0.167. The van der Waals surface area contributed by atoms with Crippen molar-refractivity contribution in [1.29, 1.82) is 0 Å². The summed E-state index contributed by atoms with van der Waals surface area (Å²) in [5.41, 5.74) is 2.16. The molecule has 17 heavy (non-hydrogen) atoms. The van der Waals surface area contributed by atoms with E-state index in [1.165, 1.54) is 11.5 Å². The van der Waals surface area contributed by atoms with Crippen LogP contribution in [0.5, 0.6) is 0 Å². The summed E-state index contributed by atoms with van der Waals surface area (Å²) in [5, 5.41) is 10.8. The second kappa shape index (κ2) is 4.97. The van der Waals surface area contributed by atoms with Gasteiger partial charge in [0.1, 0.15) is 0 Å². The summed E-state index contributed by atoms with van der Waals surface area (Å²) in [6.45, 7) is 0.673. The monoisotopic (exact) mass is 248 g/mol. The molecule has 0 aliphatic carbocycles. The standard InChI is InChI=1S/C12H12N2O2S/c1-14(8-10-5-6-17-13-10)11-4-2-3-9(7-11)12(15)16/h2-7H,8H2,1H3,(H,15,16). The zero-order valence-corrected chi connectivity index (χ0v) is 10.1. The fourth-order valence-corrected chi connectivity index (χ4v) is 2.06. The van der Waals surface area contributed by atoms with Crippen LogP contribution in [-0.4, -0.2) is 22.5 Å². The van der Waals surface area contributed by atoms with Crippen molar-refractivity contribution < 1.29 is 9.90 Å². The quantitative estimate of drug-likeness (QED) is 0.903. The van der Waals surface area contributed by atoms with E-state index in [4.69, 9.17) is 5.11 Å². The van der Waals surface area contributed by atoms with Gasteiger partial charge in [-0.2, -0.15) is 4.37 Å². The number of carboxylic acid groups (broad SMARTS) is 1. The second-order valence-corrected chi connectivity index (χ2v) is 4.37. The first-order chi connectivity index (χ1) is 8.16. The Morgan fingerprint density at radius 2 is 2.29 bits per heavy atom. The number of hydrogen-bond acceptors (Lipinski definition) is 4. The third kappa shape index (κ3) is 2.82. The minimum atomic E-state index is -0.908. The molecule has 88 valence electrons. The Hall–Kier alpha value is -1.88. The highest BCUT2D eigenvalue weighted by Crippen LogP contribution is 2.17. The number of anilines is 1. The molecular formula is C12H12N2O2S. The van der Waals surface area contributed by atoms with E-state index in [0.717, 1.165) is 11.4 Å². The SMILES string of the molecule is CN(Cc1ccsn1)c1cccc(C(=O)O)c1. The van der Waals surface area contributed by atoms with Crippen LogP contribution in [0.4, 0.5) is 5.69 Å². The summed E-state index contributed by atoms with van der Waals surface area (Å²) < 4.78 is 4.22. The van der Waals surface area contributed by atoms with Gasteiger partial charge < -0.3 is 10.0 Å². The van der Waals surface area contributed by atoms with Crippen LogP contribution < -0.4 is 4.90 Å². The van der Waals surface area contributed by atoms with Crippen LogP contribution in [0.1, 0.15) is 16.1 Å². The number of carbonyl (C=O) groups is 1. The van der Waals surface area contributed by atoms with E-state index in [1.807, 2.05) is 29.5 Å². The van der Waals surface area contributed by atoms with E-state index in [1.54, 1.807) is 18.2 Å². The summed E-state index contributed by atoms with van der Waals surface area (Å²) in [7, 11) is 1.92. The Kier molecular flexibility index (Phi) is 3.39. The highest BCUT2D eigenvalue weighted by atomic mass is 32.1. The van der Waals surface area contributed by atoms with Crippen molar-refractivity contribution in [2.24, 2.45) is 0 Å². The number of nitrogens with zero attached hydrogens (tertiary/aromatic N) is 2. The first-order valence-electron chi connectivity index (χ1n) is 5.10. The maximum absolute atomic E-state index is 10.9. The molecule has 2 aromatic rings. The van der Waals surface area contributed by atoms with Gasteiger partial charge in [0.2, 0.25) is 0 Å². The fourth-order valence-electron chi connectivity index (χ4n) is 1.53. The maximum atomic E-state index is 10.9. The predicted molar refractivity (Wildman–Crippen MR) is 67.6 cm³/mol. The molecule has 0 radical (unpaired) electrons. The van der Waals surface area contributed by atoms with E-state index in [9.17, 15) is 4.79 Å². The van der Waals surface area contributed by atoms with E-state index >= 15 is 0 Å². The van der Waals surface area contributed by atoms with E-state index in [0.29, 0.717) is 12.1 Å². The number of benzene rings is 1. The van der Waals surface area contributed by atoms with Crippen LogP contribution >= 0.6 is 11.5 Å². The topological polar surface area (TPSA) is 53.4 Å². The normalized spacial score (nSPS) is 10.2. The van der Waals surface area contributed by atoms with E-state index in [-0.39, 0.29) is 0 Å². The van der Waals surface area contributed by atoms with Crippen LogP contribution in [0.2, 0.25) is 0 Å². The molecule has 0 bridgehead atoms. The number of hydrogen-bond donors (Lipinski definition) is 1. The second-order valence-electron chi connectivity index (χ2n) is 3.70. The molecule has 1 N–H and O–H groups in total. The lowest BCUT2D eigenvalue weighted by atomic mass is 10.2. The van der Waals surface area contributed by atoms with Crippen LogP contribution in [0.3, 0.4) is 0 Å². The summed E-state index contributed by atoms with van der Waals surface area (Å²) in [6, 6.07) is 8.84. The van der Waals surface area contributed by atoms with E-state index in [2.05, 4.69) is 4.37 Å². The first kappa shape index (κ1) is 11.6. The molecule has 0 unspecified atom stereocenters. The van der Waals surface area contributed by atoms with Gasteiger partial charge in [-0.15, -0.1) is 0 Å². The molecule has 2 rings (SSSR count). The number of carboxylic acids is 1. The molecule has 0 saturated heterocycles. The highest BCUT2D eigenvalue weighted by Gasteiger charge is 2.07. The van der Waals surface area contributed by atoms with Crippen molar-refractivity contribution in [2.45, 2.75) is 6.54 Å². The summed E-state index contributed by atoms with van der Waals surface area (Å²) in [4.78, 5) is 12.8. The van der Waals surface area contributed by atoms with Gasteiger partial charge in [0.15, 0.2) is 0 Å². The Labute approximate surface area is 103 Å². The summed E-state index contributed by atoms with van der Waals surface area (Å²) >= 11 is 1.41. The van der Waals surface area contributed by atoms with Gasteiger partial charge in [-0.1, -0.05) is 6.07 Å². The molecule has 4 nitrogen and oxygen atoms in total. The third-order valence-electron chi connectivity index (χ3n) is 2.42. The molecule has 1 aromatic heterocycles. The number of aromatic carboxylic acids is 1. The molecular weight excluding hydrogens is 236 g/mol. The predicted octanol–water partition coefficient (Wildman–Crippen LogP) is 2.48. The van der Waals surface area contributed by atoms with Gasteiger partial charge in [0.05, 0.1) is 17.8 Å². The van der Waals surface area contributed by atoms with Gasteiger partial charge >= 0.3 is 5.97 Å². The molecule has 0 fully saturated rings. The van der Waals surface area contributed by atoms with Gasteiger partial charge in [-0.25, -0.2) is 4.79 Å². The Morgan fingerprint density at radius 1 is 1.47 bits per heavy atom. The summed E-state index contributed by atoms with van der Waals surface area (Å²) in [5.74, 6) is -0.908. The highest BCUT2D eigenvalue weighted by molar-refractivity contribution is 7.03. The van der Waals surface area contributed by atoms with Gasteiger partial charge in [0.25, 0.3) is 0 Å². The zero-order chi connectivity index (χ0) is 12.3. The smallest absolute Gasteiger partial charge is 0.335 e. The summed E-state index contributed by atoms with van der Waals surface area (Å²) in [6.07, 6.45) is 0. The minimum Gasteiger partial charge on any atom is -0.478 e. The van der Waals surface area contributed by atoms with Crippen molar-refractivity contribution in [3.63, 3.8) is 0 Å². The Balaban J connectivity index is 2.16. The van der Waals surface area contributed by atoms with Crippen molar-refractivity contribution in [2.75, 3.05) is 11.9 Å². The lowest BCUT2D eigenvalue weighted by Gasteiger charge is -2.18. The maximum Gasteiger partial charge on any atom is 0.335 e. The average molecular weight is 248 g/mol. The molecule has 0 aliphatic heterocycles. The average Bonchev–Trinajstić information content (AvgIpc) is 2.82. The lowest BCUT2D eigenvalue weighted by molar-refractivity contribution is 0.0697. The van der Waals surface area contributed by atoms with Crippen molar-refractivity contribution in [1.82, 2.24) is 4.37 Å². The molecule has 0 amide bonds. The number of aromatic nitrogens is 1. The van der Waals surface area contributed by atoms with Crippen molar-refractivity contribution in [3.8, 4) is 0 Å².